The summed E-state index contributed by atoms with van der Waals surface area (Å²) in [5, 5.41) is 8.67. The molecule has 0 rings (SSSR count). The van der Waals surface area contributed by atoms with E-state index in [0.717, 1.165) is 12.8 Å². The minimum absolute atomic E-state index is 0.619. The zero-order valence-corrected chi connectivity index (χ0v) is 14.8. The molecule has 0 bridgehead atoms. The molecule has 0 aromatic heterocycles. The van der Waals surface area contributed by atoms with Crippen LogP contribution in [0, 0.1) is 0 Å². The largest absolute Gasteiger partial charge is 0.480 e. The van der Waals surface area contributed by atoms with Gasteiger partial charge < -0.3 is 10.8 Å². The second-order valence-electron chi connectivity index (χ2n) is 6.68. The predicted octanol–water partition coefficient (Wildman–Crippen LogP) is 5.66. The van der Waals surface area contributed by atoms with E-state index in [1.54, 1.807) is 0 Å². The Labute approximate surface area is 138 Å². The lowest BCUT2D eigenvalue weighted by atomic mass is 10.0. The highest BCUT2D eigenvalue weighted by molar-refractivity contribution is 5.72. The monoisotopic (exact) mass is 313 g/mol. The number of nitrogens with two attached hydrogens (primary N) is 1. The van der Waals surface area contributed by atoms with Gasteiger partial charge in [-0.25, -0.2) is 0 Å². The highest BCUT2D eigenvalue weighted by Gasteiger charge is 2.09. The van der Waals surface area contributed by atoms with Crippen LogP contribution in [0.2, 0.25) is 0 Å². The Hall–Kier alpha value is -0.570. The Morgan fingerprint density at radius 1 is 0.727 bits per heavy atom. The van der Waals surface area contributed by atoms with E-state index >= 15 is 0 Å². The van der Waals surface area contributed by atoms with Gasteiger partial charge in [0.2, 0.25) is 0 Å². The van der Waals surface area contributed by atoms with Crippen molar-refractivity contribution < 1.29 is 9.90 Å². The summed E-state index contributed by atoms with van der Waals surface area (Å²) in [7, 11) is 0. The molecule has 0 aliphatic heterocycles. The third-order valence-electron chi connectivity index (χ3n) is 4.44. The fraction of sp³-hybridized carbons (Fsp3) is 0.947. The Morgan fingerprint density at radius 3 is 1.36 bits per heavy atom. The van der Waals surface area contributed by atoms with E-state index in [0.29, 0.717) is 6.42 Å². The molecule has 0 unspecified atom stereocenters. The van der Waals surface area contributed by atoms with Gasteiger partial charge in [0.25, 0.3) is 0 Å². The summed E-state index contributed by atoms with van der Waals surface area (Å²) in [5.41, 5.74) is 5.47. The van der Waals surface area contributed by atoms with Crippen molar-refractivity contribution in [3.05, 3.63) is 0 Å². The minimum Gasteiger partial charge on any atom is -0.480 e. The zero-order chi connectivity index (χ0) is 16.5. The molecule has 0 aliphatic carbocycles. The van der Waals surface area contributed by atoms with E-state index in [2.05, 4.69) is 6.92 Å². The third kappa shape index (κ3) is 15.8. The fourth-order valence-corrected chi connectivity index (χ4v) is 2.86. The number of carbonyl (C=O) groups is 1. The number of aliphatic carboxylic acids is 1. The van der Waals surface area contributed by atoms with Crippen molar-refractivity contribution in [1.29, 1.82) is 0 Å². The van der Waals surface area contributed by atoms with E-state index in [9.17, 15) is 4.79 Å². The number of hydrogen-bond acceptors (Lipinski definition) is 2. The highest BCUT2D eigenvalue weighted by Crippen LogP contribution is 2.13. The van der Waals surface area contributed by atoms with Gasteiger partial charge >= 0.3 is 5.97 Å². The summed E-state index contributed by atoms with van der Waals surface area (Å²) in [6, 6.07) is -0.665. The first-order valence-corrected chi connectivity index (χ1v) is 9.67. The van der Waals surface area contributed by atoms with Crippen molar-refractivity contribution in [3.8, 4) is 0 Å². The van der Waals surface area contributed by atoms with Crippen molar-refractivity contribution >= 4 is 5.97 Å². The second kappa shape index (κ2) is 16.8. The lowest BCUT2D eigenvalue weighted by Crippen LogP contribution is -2.29. The quantitative estimate of drug-likeness (QED) is 0.340. The Morgan fingerprint density at radius 2 is 1.05 bits per heavy atom. The number of hydrogen-bond donors (Lipinski definition) is 2. The van der Waals surface area contributed by atoms with Crippen molar-refractivity contribution in [3.63, 3.8) is 0 Å². The van der Waals surface area contributed by atoms with Gasteiger partial charge in [-0.15, -0.1) is 0 Å². The molecule has 0 saturated heterocycles. The average molecular weight is 314 g/mol. The van der Waals surface area contributed by atoms with Crippen LogP contribution in [0.3, 0.4) is 0 Å². The number of carboxylic acid groups (broad SMARTS) is 1. The molecule has 0 amide bonds. The van der Waals surface area contributed by atoms with Gasteiger partial charge in [0, 0.05) is 0 Å². The molecule has 0 aromatic carbocycles. The van der Waals surface area contributed by atoms with Crippen LogP contribution < -0.4 is 5.73 Å². The van der Waals surface area contributed by atoms with Crippen LogP contribution in [0.4, 0.5) is 0 Å². The number of carboxylic acids is 1. The topological polar surface area (TPSA) is 63.3 Å². The average Bonchev–Trinajstić information content (AvgIpc) is 2.50. The molecule has 132 valence electrons. The number of unbranched alkanes of at least 4 members (excludes halogenated alkanes) is 14. The molecular weight excluding hydrogens is 274 g/mol. The van der Waals surface area contributed by atoms with E-state index in [1.165, 1.54) is 83.5 Å². The molecule has 0 heterocycles. The lowest BCUT2D eigenvalue weighted by molar-refractivity contribution is -0.138. The number of rotatable bonds is 17. The first kappa shape index (κ1) is 21.4. The van der Waals surface area contributed by atoms with E-state index in [1.807, 2.05) is 0 Å². The molecular formula is C19H39NO2. The molecule has 3 nitrogen and oxygen atoms in total. The van der Waals surface area contributed by atoms with Crippen molar-refractivity contribution in [1.82, 2.24) is 0 Å². The van der Waals surface area contributed by atoms with Crippen LogP contribution in [0.15, 0.2) is 0 Å². The van der Waals surface area contributed by atoms with Crippen LogP contribution >= 0.6 is 0 Å². The fourth-order valence-electron chi connectivity index (χ4n) is 2.86. The van der Waals surface area contributed by atoms with Gasteiger partial charge in [-0.1, -0.05) is 103 Å². The predicted molar refractivity (Wildman–Crippen MR) is 95.2 cm³/mol. The molecule has 3 heteroatoms. The maximum atomic E-state index is 10.6. The molecule has 0 aromatic rings. The van der Waals surface area contributed by atoms with E-state index in [4.69, 9.17) is 10.8 Å². The van der Waals surface area contributed by atoms with Crippen LogP contribution in [0.5, 0.6) is 0 Å². The first-order valence-electron chi connectivity index (χ1n) is 9.67. The Bertz CT molecular complexity index is 244. The summed E-state index contributed by atoms with van der Waals surface area (Å²) in [5.74, 6) is -0.870. The van der Waals surface area contributed by atoms with Crippen LogP contribution in [0.25, 0.3) is 0 Å². The van der Waals surface area contributed by atoms with Crippen LogP contribution in [0.1, 0.15) is 110 Å². The van der Waals surface area contributed by atoms with Crippen molar-refractivity contribution in [2.24, 2.45) is 5.73 Å². The SMILES string of the molecule is CCCCCCCCCCCCCCCCC[C@H](N)C(=O)O. The standard InChI is InChI=1S/C19H39NO2/c1-2-3-4-5-6-7-8-9-10-11-12-13-14-15-16-17-18(20)19(21)22/h18H,2-17,20H2,1H3,(H,21,22)/t18-/m0/s1. The molecule has 0 saturated carbocycles. The Kier molecular flexibility index (Phi) is 16.4. The molecule has 1 atom stereocenters. The van der Waals surface area contributed by atoms with Crippen LogP contribution in [-0.2, 0) is 4.79 Å². The summed E-state index contributed by atoms with van der Waals surface area (Å²) in [4.78, 5) is 10.6. The van der Waals surface area contributed by atoms with Gasteiger partial charge in [-0.3, -0.25) is 4.79 Å². The maximum Gasteiger partial charge on any atom is 0.320 e. The van der Waals surface area contributed by atoms with Gasteiger partial charge in [0.05, 0.1) is 0 Å². The van der Waals surface area contributed by atoms with Gasteiger partial charge in [-0.05, 0) is 6.42 Å². The summed E-state index contributed by atoms with van der Waals surface area (Å²) < 4.78 is 0. The minimum atomic E-state index is -0.870. The first-order chi connectivity index (χ1) is 10.7. The third-order valence-corrected chi connectivity index (χ3v) is 4.44. The lowest BCUT2D eigenvalue weighted by Gasteiger charge is -2.06. The Balaban J connectivity index is 3.04. The van der Waals surface area contributed by atoms with Crippen LogP contribution in [-0.4, -0.2) is 17.1 Å². The van der Waals surface area contributed by atoms with Gasteiger partial charge in [0.1, 0.15) is 6.04 Å². The molecule has 22 heavy (non-hydrogen) atoms. The van der Waals surface area contributed by atoms with Crippen molar-refractivity contribution in [2.75, 3.05) is 0 Å². The highest BCUT2D eigenvalue weighted by atomic mass is 16.4. The smallest absolute Gasteiger partial charge is 0.320 e. The molecule has 0 radical (unpaired) electrons. The van der Waals surface area contributed by atoms with Gasteiger partial charge in [-0.2, -0.15) is 0 Å². The second-order valence-corrected chi connectivity index (χ2v) is 6.68. The summed E-state index contributed by atoms with van der Waals surface area (Å²) >= 11 is 0. The van der Waals surface area contributed by atoms with E-state index < -0.39 is 12.0 Å². The maximum absolute atomic E-state index is 10.6. The zero-order valence-electron chi connectivity index (χ0n) is 14.8. The molecule has 3 N–H and O–H groups in total. The van der Waals surface area contributed by atoms with Crippen molar-refractivity contribution in [2.45, 2.75) is 116 Å². The summed E-state index contributed by atoms with van der Waals surface area (Å²) in [6.45, 7) is 2.27. The van der Waals surface area contributed by atoms with E-state index in [-0.39, 0.29) is 0 Å². The molecule has 0 aliphatic rings. The van der Waals surface area contributed by atoms with Gasteiger partial charge in [0.15, 0.2) is 0 Å². The summed E-state index contributed by atoms with van der Waals surface area (Å²) in [6.07, 6.45) is 20.6. The molecule has 0 fully saturated rings. The molecule has 0 spiro atoms. The normalized spacial score (nSPS) is 12.5.